The predicted molar refractivity (Wildman–Crippen MR) is 67.3 cm³/mol. The Morgan fingerprint density at radius 2 is 2.11 bits per heavy atom. The van der Waals surface area contributed by atoms with Gasteiger partial charge < -0.3 is 19.4 Å². The minimum atomic E-state index is -0.545. The van der Waals surface area contributed by atoms with Crippen molar-refractivity contribution in [1.82, 2.24) is 14.9 Å². The number of amides is 1. The Bertz CT molecular complexity index is 448. The lowest BCUT2D eigenvalue weighted by atomic mass is 10.2. The van der Waals surface area contributed by atoms with Crippen LogP contribution in [0.4, 0.5) is 4.79 Å². The third-order valence-corrected chi connectivity index (χ3v) is 2.14. The molecule has 0 aliphatic carbocycles. The quantitative estimate of drug-likeness (QED) is 0.827. The lowest BCUT2D eigenvalue weighted by Crippen LogP contribution is -2.32. The maximum atomic E-state index is 11.5. The van der Waals surface area contributed by atoms with Crippen molar-refractivity contribution in [3.63, 3.8) is 0 Å². The van der Waals surface area contributed by atoms with Crippen LogP contribution in [-0.4, -0.2) is 34.3 Å². The number of esters is 1. The summed E-state index contributed by atoms with van der Waals surface area (Å²) in [5.41, 5.74) is 0.146. The second-order valence-corrected chi connectivity index (χ2v) is 4.94. The van der Waals surface area contributed by atoms with Crippen LogP contribution in [0.25, 0.3) is 0 Å². The lowest BCUT2D eigenvalue weighted by molar-refractivity contribution is -0.141. The molecule has 1 amide bonds. The van der Waals surface area contributed by atoms with Crippen LogP contribution >= 0.6 is 0 Å². The van der Waals surface area contributed by atoms with Gasteiger partial charge in [-0.05, 0) is 20.8 Å². The van der Waals surface area contributed by atoms with E-state index in [4.69, 9.17) is 4.74 Å². The molecule has 106 valence electrons. The van der Waals surface area contributed by atoms with Crippen molar-refractivity contribution in [2.45, 2.75) is 39.5 Å². The Morgan fingerprint density at radius 3 is 2.68 bits per heavy atom. The van der Waals surface area contributed by atoms with Crippen molar-refractivity contribution in [2.24, 2.45) is 0 Å². The number of hydrogen-bond donors (Lipinski definition) is 1. The number of hydrogen-bond acceptors (Lipinski definition) is 5. The zero-order chi connectivity index (χ0) is 14.5. The van der Waals surface area contributed by atoms with Crippen molar-refractivity contribution >= 4 is 12.1 Å². The summed E-state index contributed by atoms with van der Waals surface area (Å²) in [6.45, 7) is 5.64. The van der Waals surface area contributed by atoms with Gasteiger partial charge in [-0.25, -0.2) is 9.78 Å². The fourth-order valence-electron chi connectivity index (χ4n) is 1.32. The monoisotopic (exact) mass is 269 g/mol. The molecule has 1 heterocycles. The van der Waals surface area contributed by atoms with Gasteiger partial charge in [0, 0.05) is 6.20 Å². The molecule has 0 aliphatic heterocycles. The molecule has 7 heteroatoms. The van der Waals surface area contributed by atoms with Crippen LogP contribution in [0.1, 0.15) is 26.5 Å². The molecule has 1 aromatic rings. The molecule has 0 atom stereocenters. The molecular weight excluding hydrogens is 250 g/mol. The molecule has 0 spiro atoms. The van der Waals surface area contributed by atoms with E-state index in [1.54, 1.807) is 31.5 Å². The summed E-state index contributed by atoms with van der Waals surface area (Å²) >= 11 is 0. The number of ether oxygens (including phenoxy) is 2. The maximum absolute atomic E-state index is 11.5. The first kappa shape index (κ1) is 15.0. The molecule has 0 saturated heterocycles. The van der Waals surface area contributed by atoms with E-state index in [1.807, 2.05) is 0 Å². The zero-order valence-electron chi connectivity index (χ0n) is 11.6. The highest BCUT2D eigenvalue weighted by Crippen LogP contribution is 2.07. The molecule has 0 radical (unpaired) electrons. The summed E-state index contributed by atoms with van der Waals surface area (Å²) in [7, 11) is 1.32. The number of carbonyl (C=O) groups excluding carboxylic acids is 2. The molecule has 0 fully saturated rings. The van der Waals surface area contributed by atoms with Crippen molar-refractivity contribution in [3.8, 4) is 0 Å². The van der Waals surface area contributed by atoms with Crippen molar-refractivity contribution in [3.05, 3.63) is 18.2 Å². The number of aromatic nitrogens is 2. The van der Waals surface area contributed by atoms with Crippen LogP contribution in [0.5, 0.6) is 0 Å². The third kappa shape index (κ3) is 5.41. The van der Waals surface area contributed by atoms with E-state index in [1.165, 1.54) is 13.4 Å². The van der Waals surface area contributed by atoms with Gasteiger partial charge in [-0.1, -0.05) is 0 Å². The highest BCUT2D eigenvalue weighted by molar-refractivity contribution is 5.69. The van der Waals surface area contributed by atoms with Gasteiger partial charge in [0.2, 0.25) is 0 Å². The molecule has 7 nitrogen and oxygen atoms in total. The Kier molecular flexibility index (Phi) is 4.91. The Balaban J connectivity index is 2.52. The highest BCUT2D eigenvalue weighted by atomic mass is 16.6. The van der Waals surface area contributed by atoms with Gasteiger partial charge in [0.1, 0.15) is 12.1 Å². The molecule has 1 aromatic heterocycles. The van der Waals surface area contributed by atoms with Crippen molar-refractivity contribution < 1.29 is 19.1 Å². The fraction of sp³-hybridized carbons (Fsp3) is 0.583. The van der Waals surface area contributed by atoms with Gasteiger partial charge in [-0.15, -0.1) is 0 Å². The second-order valence-electron chi connectivity index (χ2n) is 4.94. The normalized spacial score (nSPS) is 10.9. The standard InChI is InChI=1S/C12H19N3O4/c1-12(2,3)19-11(17)14-6-9-5-13-8-15(9)7-10(16)18-4/h5,8H,6-7H2,1-4H3,(H,14,17). The van der Waals surface area contributed by atoms with E-state index >= 15 is 0 Å². The molecule has 0 unspecified atom stereocenters. The molecule has 1 N–H and O–H groups in total. The minimum absolute atomic E-state index is 0.0574. The first-order valence-electron chi connectivity index (χ1n) is 5.84. The maximum Gasteiger partial charge on any atom is 0.407 e. The van der Waals surface area contributed by atoms with Crippen molar-refractivity contribution in [1.29, 1.82) is 0 Å². The number of methoxy groups -OCH3 is 1. The highest BCUT2D eigenvalue weighted by Gasteiger charge is 2.16. The van der Waals surface area contributed by atoms with Gasteiger partial charge in [0.15, 0.2) is 0 Å². The topological polar surface area (TPSA) is 82.5 Å². The smallest absolute Gasteiger partial charge is 0.407 e. The molecule has 1 rings (SSSR count). The van der Waals surface area contributed by atoms with E-state index < -0.39 is 11.7 Å². The van der Waals surface area contributed by atoms with Crippen LogP contribution < -0.4 is 5.32 Å². The predicted octanol–water partition coefficient (Wildman–Crippen LogP) is 1.08. The van der Waals surface area contributed by atoms with Gasteiger partial charge in [0.25, 0.3) is 0 Å². The summed E-state index contributed by atoms with van der Waals surface area (Å²) in [4.78, 5) is 26.6. The van der Waals surface area contributed by atoms with Gasteiger partial charge in [-0.3, -0.25) is 4.79 Å². The first-order chi connectivity index (χ1) is 8.81. The molecule has 0 bridgehead atoms. The summed E-state index contributed by atoms with van der Waals surface area (Å²) in [5, 5.41) is 2.60. The average molecular weight is 269 g/mol. The van der Waals surface area contributed by atoms with Crippen LogP contribution in [0, 0.1) is 0 Å². The van der Waals surface area contributed by atoms with E-state index in [9.17, 15) is 9.59 Å². The summed E-state index contributed by atoms with van der Waals surface area (Å²) in [6, 6.07) is 0. The average Bonchev–Trinajstić information content (AvgIpc) is 2.71. The Labute approximate surface area is 111 Å². The van der Waals surface area contributed by atoms with E-state index in [-0.39, 0.29) is 19.1 Å². The number of carbonyl (C=O) groups is 2. The van der Waals surface area contributed by atoms with Gasteiger partial charge >= 0.3 is 12.1 Å². The fourth-order valence-corrected chi connectivity index (χ4v) is 1.32. The third-order valence-electron chi connectivity index (χ3n) is 2.14. The number of alkyl carbamates (subject to hydrolysis) is 1. The summed E-state index contributed by atoms with van der Waals surface area (Å²) in [6.07, 6.45) is 2.56. The number of imidazole rings is 1. The molecule has 0 aliphatic rings. The molecule has 0 aromatic carbocycles. The van der Waals surface area contributed by atoms with Crippen LogP contribution in [-0.2, 0) is 27.4 Å². The summed E-state index contributed by atoms with van der Waals surface area (Å²) < 4.78 is 11.3. The van der Waals surface area contributed by atoms with E-state index in [0.29, 0.717) is 5.69 Å². The van der Waals surface area contributed by atoms with Crippen LogP contribution in [0.3, 0.4) is 0 Å². The van der Waals surface area contributed by atoms with Gasteiger partial charge in [-0.2, -0.15) is 0 Å². The number of nitrogens with zero attached hydrogens (tertiary/aromatic N) is 2. The molecule has 0 saturated carbocycles. The summed E-state index contributed by atoms with van der Waals surface area (Å²) in [5.74, 6) is -0.378. The van der Waals surface area contributed by atoms with E-state index in [2.05, 4.69) is 15.0 Å². The molecular formula is C12H19N3O4. The Morgan fingerprint density at radius 1 is 1.42 bits per heavy atom. The molecule has 19 heavy (non-hydrogen) atoms. The second kappa shape index (κ2) is 6.21. The van der Waals surface area contributed by atoms with E-state index in [0.717, 1.165) is 0 Å². The van der Waals surface area contributed by atoms with Gasteiger partial charge in [0.05, 0.1) is 25.7 Å². The number of rotatable bonds is 4. The first-order valence-corrected chi connectivity index (χ1v) is 5.84. The Hall–Kier alpha value is -2.05. The zero-order valence-corrected chi connectivity index (χ0v) is 11.6. The largest absolute Gasteiger partial charge is 0.468 e. The van der Waals surface area contributed by atoms with Crippen LogP contribution in [0.15, 0.2) is 12.5 Å². The SMILES string of the molecule is COC(=O)Cn1cncc1CNC(=O)OC(C)(C)C. The van der Waals surface area contributed by atoms with Crippen LogP contribution in [0.2, 0.25) is 0 Å². The minimum Gasteiger partial charge on any atom is -0.468 e. The number of nitrogens with one attached hydrogen (secondary N) is 1. The van der Waals surface area contributed by atoms with Crippen molar-refractivity contribution in [2.75, 3.05) is 7.11 Å². The lowest BCUT2D eigenvalue weighted by Gasteiger charge is -2.19.